The molecule has 0 aliphatic rings. The normalized spacial score (nSPS) is 13.0. The Kier molecular flexibility index (Phi) is 3.08. The number of hydrogen-bond donors (Lipinski definition) is 2. The molecule has 21 heavy (non-hydrogen) atoms. The molecule has 3 rings (SSSR count). The summed E-state index contributed by atoms with van der Waals surface area (Å²) in [7, 11) is -8.70. The number of rotatable bonds is 2. The standard InChI is InChI=1S/C12H8O6S3/c13-20(14,15)7-4-5-8-9-2-1-3-11(21(16,17)18)12(9)19-10(8)6-7/h1-6H,(H,13,14,15)(H,16,17,18). The molecule has 2 aromatic carbocycles. The smallest absolute Gasteiger partial charge is 0.282 e. The first kappa shape index (κ1) is 14.4. The lowest BCUT2D eigenvalue weighted by Crippen LogP contribution is -1.97. The van der Waals surface area contributed by atoms with Crippen LogP contribution in [0.4, 0.5) is 0 Å². The average molecular weight is 344 g/mol. The molecule has 1 aromatic heterocycles. The van der Waals surface area contributed by atoms with E-state index in [0.717, 1.165) is 11.3 Å². The van der Waals surface area contributed by atoms with Gasteiger partial charge in [0.05, 0.1) is 9.60 Å². The highest BCUT2D eigenvalue weighted by Crippen LogP contribution is 2.38. The molecule has 0 amide bonds. The van der Waals surface area contributed by atoms with E-state index in [-0.39, 0.29) is 9.79 Å². The summed E-state index contributed by atoms with van der Waals surface area (Å²) in [4.78, 5) is -0.496. The zero-order valence-corrected chi connectivity index (χ0v) is 12.7. The minimum absolute atomic E-state index is 0.227. The molecule has 0 aliphatic carbocycles. The van der Waals surface area contributed by atoms with Gasteiger partial charge in [-0.3, -0.25) is 9.11 Å². The molecule has 1 heterocycles. The topological polar surface area (TPSA) is 109 Å². The third-order valence-electron chi connectivity index (χ3n) is 3.01. The van der Waals surface area contributed by atoms with Crippen LogP contribution in [0, 0.1) is 0 Å². The van der Waals surface area contributed by atoms with Gasteiger partial charge in [0.15, 0.2) is 0 Å². The van der Waals surface area contributed by atoms with E-state index in [1.165, 1.54) is 30.3 Å². The molecule has 2 N–H and O–H groups in total. The van der Waals surface area contributed by atoms with Gasteiger partial charge in [-0.1, -0.05) is 18.2 Å². The Morgan fingerprint density at radius 1 is 0.857 bits per heavy atom. The fraction of sp³-hybridized carbons (Fsp3) is 0. The summed E-state index contributed by atoms with van der Waals surface area (Å²) < 4.78 is 64.2. The molecule has 0 bridgehead atoms. The maximum absolute atomic E-state index is 11.4. The molecule has 6 nitrogen and oxygen atoms in total. The quantitative estimate of drug-likeness (QED) is 0.692. The van der Waals surface area contributed by atoms with Gasteiger partial charge in [0.2, 0.25) is 0 Å². The SMILES string of the molecule is O=S(=O)(O)c1ccc2c(c1)sc1c(S(=O)(=O)O)cccc12. The van der Waals surface area contributed by atoms with Crippen molar-refractivity contribution in [1.29, 1.82) is 0 Å². The van der Waals surface area contributed by atoms with E-state index in [2.05, 4.69) is 0 Å². The summed E-state index contributed by atoms with van der Waals surface area (Å²) in [6.45, 7) is 0. The van der Waals surface area contributed by atoms with Crippen molar-refractivity contribution in [2.24, 2.45) is 0 Å². The van der Waals surface area contributed by atoms with Crippen molar-refractivity contribution in [2.75, 3.05) is 0 Å². The van der Waals surface area contributed by atoms with Gasteiger partial charge >= 0.3 is 0 Å². The zero-order chi connectivity index (χ0) is 15.4. The number of thiophene rings is 1. The summed E-state index contributed by atoms with van der Waals surface area (Å²) in [6, 6.07) is 8.44. The largest absolute Gasteiger partial charge is 0.295 e. The van der Waals surface area contributed by atoms with Gasteiger partial charge in [0.25, 0.3) is 20.2 Å². The molecule has 0 spiro atoms. The molecule has 110 valence electrons. The van der Waals surface area contributed by atoms with E-state index >= 15 is 0 Å². The van der Waals surface area contributed by atoms with E-state index in [1.807, 2.05) is 0 Å². The second-order valence-electron chi connectivity index (χ2n) is 4.34. The van der Waals surface area contributed by atoms with Crippen LogP contribution in [-0.2, 0) is 20.2 Å². The van der Waals surface area contributed by atoms with Crippen LogP contribution in [0.1, 0.15) is 0 Å². The van der Waals surface area contributed by atoms with Crippen LogP contribution in [0.15, 0.2) is 46.2 Å². The first-order valence-corrected chi connectivity index (χ1v) is 9.28. The zero-order valence-electron chi connectivity index (χ0n) is 10.2. The average Bonchev–Trinajstić information content (AvgIpc) is 2.73. The van der Waals surface area contributed by atoms with Gasteiger partial charge in [-0.05, 0) is 18.2 Å². The molecule has 0 atom stereocenters. The monoisotopic (exact) mass is 344 g/mol. The van der Waals surface area contributed by atoms with Crippen LogP contribution in [0.25, 0.3) is 20.2 Å². The first-order valence-electron chi connectivity index (χ1n) is 5.58. The maximum Gasteiger partial charge on any atom is 0.295 e. The Hall–Kier alpha value is -1.52. The van der Waals surface area contributed by atoms with Crippen LogP contribution in [0.2, 0.25) is 0 Å². The van der Waals surface area contributed by atoms with Crippen molar-refractivity contribution >= 4 is 51.7 Å². The summed E-state index contributed by atoms with van der Waals surface area (Å²) >= 11 is 1.03. The van der Waals surface area contributed by atoms with Crippen molar-refractivity contribution < 1.29 is 25.9 Å². The molecule has 0 aliphatic heterocycles. The van der Waals surface area contributed by atoms with E-state index in [1.54, 1.807) is 6.07 Å². The molecule has 3 aromatic rings. The maximum atomic E-state index is 11.4. The minimum Gasteiger partial charge on any atom is -0.282 e. The molecular formula is C12H8O6S3. The Morgan fingerprint density at radius 2 is 1.57 bits per heavy atom. The fourth-order valence-corrected chi connectivity index (χ4v) is 4.88. The van der Waals surface area contributed by atoms with Crippen molar-refractivity contribution in [3.8, 4) is 0 Å². The molecule has 0 fully saturated rings. The van der Waals surface area contributed by atoms with E-state index in [4.69, 9.17) is 4.55 Å². The van der Waals surface area contributed by atoms with Gasteiger partial charge < -0.3 is 0 Å². The summed E-state index contributed by atoms with van der Waals surface area (Å²) in [5.74, 6) is 0. The number of benzene rings is 2. The Balaban J connectivity index is 2.45. The van der Waals surface area contributed by atoms with Crippen LogP contribution >= 0.6 is 11.3 Å². The van der Waals surface area contributed by atoms with E-state index in [0.29, 0.717) is 20.2 Å². The van der Waals surface area contributed by atoms with Crippen molar-refractivity contribution in [2.45, 2.75) is 9.79 Å². The molecule has 9 heteroatoms. The van der Waals surface area contributed by atoms with Crippen LogP contribution in [0.5, 0.6) is 0 Å². The fourth-order valence-electron chi connectivity index (χ4n) is 2.12. The van der Waals surface area contributed by atoms with Gasteiger partial charge in [0.1, 0.15) is 4.90 Å². The predicted molar refractivity (Wildman–Crippen MR) is 79.0 cm³/mol. The van der Waals surface area contributed by atoms with Crippen LogP contribution in [0.3, 0.4) is 0 Å². The highest BCUT2D eigenvalue weighted by Gasteiger charge is 2.18. The lowest BCUT2D eigenvalue weighted by atomic mass is 10.1. The van der Waals surface area contributed by atoms with E-state index in [9.17, 15) is 21.4 Å². The lowest BCUT2D eigenvalue weighted by Gasteiger charge is -1.98. The van der Waals surface area contributed by atoms with Crippen molar-refractivity contribution in [3.05, 3.63) is 36.4 Å². The number of fused-ring (bicyclic) bond motifs is 3. The minimum atomic E-state index is -4.37. The van der Waals surface area contributed by atoms with Gasteiger partial charge in [0, 0.05) is 15.5 Å². The Labute approximate surface area is 124 Å². The van der Waals surface area contributed by atoms with Gasteiger partial charge in [-0.15, -0.1) is 11.3 Å². The first-order chi connectivity index (χ1) is 9.68. The summed E-state index contributed by atoms with van der Waals surface area (Å²) in [5, 5.41) is 1.24. The van der Waals surface area contributed by atoms with Crippen molar-refractivity contribution in [1.82, 2.24) is 0 Å². The van der Waals surface area contributed by atoms with Crippen molar-refractivity contribution in [3.63, 3.8) is 0 Å². The van der Waals surface area contributed by atoms with Crippen LogP contribution < -0.4 is 0 Å². The Bertz CT molecular complexity index is 1080. The predicted octanol–water partition coefficient (Wildman–Crippen LogP) is 2.55. The highest BCUT2D eigenvalue weighted by molar-refractivity contribution is 7.86. The summed E-state index contributed by atoms with van der Waals surface area (Å²) in [5.41, 5.74) is 0. The third kappa shape index (κ3) is 2.43. The second kappa shape index (κ2) is 4.49. The van der Waals surface area contributed by atoms with E-state index < -0.39 is 20.2 Å². The molecular weight excluding hydrogens is 336 g/mol. The molecule has 0 saturated heterocycles. The third-order valence-corrected chi connectivity index (χ3v) is 6.09. The molecule has 0 radical (unpaired) electrons. The second-order valence-corrected chi connectivity index (χ2v) is 8.21. The molecule has 0 saturated carbocycles. The Morgan fingerprint density at radius 3 is 2.19 bits per heavy atom. The highest BCUT2D eigenvalue weighted by atomic mass is 32.2. The van der Waals surface area contributed by atoms with Gasteiger partial charge in [-0.2, -0.15) is 16.8 Å². The van der Waals surface area contributed by atoms with Crippen LogP contribution in [-0.4, -0.2) is 25.9 Å². The molecule has 0 unspecified atom stereocenters. The van der Waals surface area contributed by atoms with Gasteiger partial charge in [-0.25, -0.2) is 0 Å². The number of hydrogen-bond acceptors (Lipinski definition) is 5. The lowest BCUT2D eigenvalue weighted by molar-refractivity contribution is 0.481. The summed E-state index contributed by atoms with van der Waals surface area (Å²) in [6.07, 6.45) is 0.